The first kappa shape index (κ1) is 8.08. The van der Waals surface area contributed by atoms with Crippen molar-refractivity contribution in [2.24, 2.45) is 0 Å². The van der Waals surface area contributed by atoms with Gasteiger partial charge < -0.3 is 10.2 Å². The number of benzene rings is 1. The SMILES string of the molecule is [CH2]CC(O)c1cccc(O)c1. The summed E-state index contributed by atoms with van der Waals surface area (Å²) >= 11 is 0. The molecule has 1 unspecified atom stereocenters. The number of aliphatic hydroxyl groups excluding tert-OH is 1. The summed E-state index contributed by atoms with van der Waals surface area (Å²) in [4.78, 5) is 0. The standard InChI is InChI=1S/C9H11O2/c1-2-9(11)7-4-3-5-8(10)6-7/h3-6,9-11H,1-2H2. The average Bonchev–Trinajstić information content (AvgIpc) is 2.03. The number of hydrogen-bond donors (Lipinski definition) is 2. The Kier molecular flexibility index (Phi) is 2.49. The molecule has 0 aliphatic heterocycles. The van der Waals surface area contributed by atoms with Crippen LogP contribution in [-0.2, 0) is 0 Å². The zero-order chi connectivity index (χ0) is 8.27. The predicted molar refractivity (Wildman–Crippen MR) is 43.0 cm³/mol. The third-order valence-electron chi connectivity index (χ3n) is 1.53. The van der Waals surface area contributed by atoms with E-state index in [1.165, 1.54) is 6.07 Å². The van der Waals surface area contributed by atoms with Gasteiger partial charge in [-0.25, -0.2) is 0 Å². The molecule has 0 saturated carbocycles. The van der Waals surface area contributed by atoms with Gasteiger partial charge in [0.05, 0.1) is 6.10 Å². The van der Waals surface area contributed by atoms with Gasteiger partial charge in [0.1, 0.15) is 5.75 Å². The van der Waals surface area contributed by atoms with E-state index in [2.05, 4.69) is 6.92 Å². The molecule has 1 aromatic rings. The average molecular weight is 151 g/mol. The lowest BCUT2D eigenvalue weighted by atomic mass is 10.1. The second-order valence-electron chi connectivity index (χ2n) is 2.40. The van der Waals surface area contributed by atoms with E-state index < -0.39 is 6.10 Å². The second kappa shape index (κ2) is 3.39. The molecule has 0 aromatic heterocycles. The smallest absolute Gasteiger partial charge is 0.115 e. The Bertz CT molecular complexity index is 233. The summed E-state index contributed by atoms with van der Waals surface area (Å²) in [6.07, 6.45) is -0.147. The van der Waals surface area contributed by atoms with E-state index >= 15 is 0 Å². The minimum Gasteiger partial charge on any atom is -0.508 e. The molecule has 0 aliphatic carbocycles. The van der Waals surface area contributed by atoms with Gasteiger partial charge in [-0.05, 0) is 24.1 Å². The van der Waals surface area contributed by atoms with Crippen LogP contribution in [0, 0.1) is 6.92 Å². The maximum absolute atomic E-state index is 9.28. The van der Waals surface area contributed by atoms with Crippen LogP contribution in [0.15, 0.2) is 24.3 Å². The fourth-order valence-electron chi connectivity index (χ4n) is 0.899. The number of phenols is 1. The second-order valence-corrected chi connectivity index (χ2v) is 2.40. The van der Waals surface area contributed by atoms with Crippen molar-refractivity contribution in [1.29, 1.82) is 0 Å². The number of aliphatic hydroxyl groups is 1. The lowest BCUT2D eigenvalue weighted by Crippen LogP contribution is -1.93. The lowest BCUT2D eigenvalue weighted by Gasteiger charge is -2.06. The molecule has 0 fully saturated rings. The van der Waals surface area contributed by atoms with Crippen molar-refractivity contribution < 1.29 is 10.2 Å². The normalized spacial score (nSPS) is 12.9. The molecule has 0 aliphatic rings. The predicted octanol–water partition coefficient (Wildman–Crippen LogP) is 1.65. The minimum atomic E-state index is -0.568. The van der Waals surface area contributed by atoms with Gasteiger partial charge >= 0.3 is 0 Å². The summed E-state index contributed by atoms with van der Waals surface area (Å²) in [6.45, 7) is 3.56. The van der Waals surface area contributed by atoms with Gasteiger partial charge in [0.25, 0.3) is 0 Å². The van der Waals surface area contributed by atoms with Gasteiger partial charge in [-0.1, -0.05) is 19.1 Å². The maximum atomic E-state index is 9.28. The number of phenolic OH excluding ortho intramolecular Hbond substituents is 1. The van der Waals surface area contributed by atoms with Gasteiger partial charge in [0, 0.05) is 0 Å². The van der Waals surface area contributed by atoms with E-state index in [1.54, 1.807) is 18.2 Å². The van der Waals surface area contributed by atoms with Crippen LogP contribution in [0.1, 0.15) is 18.1 Å². The summed E-state index contributed by atoms with van der Waals surface area (Å²) < 4.78 is 0. The molecule has 59 valence electrons. The molecular weight excluding hydrogens is 140 g/mol. The molecule has 1 rings (SSSR count). The van der Waals surface area contributed by atoms with Crippen molar-refractivity contribution in [2.75, 3.05) is 0 Å². The van der Waals surface area contributed by atoms with Gasteiger partial charge in [-0.15, -0.1) is 0 Å². The lowest BCUT2D eigenvalue weighted by molar-refractivity contribution is 0.180. The summed E-state index contributed by atoms with van der Waals surface area (Å²) in [7, 11) is 0. The first-order valence-corrected chi connectivity index (χ1v) is 3.50. The van der Waals surface area contributed by atoms with Crippen molar-refractivity contribution in [1.82, 2.24) is 0 Å². The third kappa shape index (κ3) is 1.95. The van der Waals surface area contributed by atoms with Crippen LogP contribution < -0.4 is 0 Å². The van der Waals surface area contributed by atoms with E-state index in [0.29, 0.717) is 12.0 Å². The van der Waals surface area contributed by atoms with E-state index in [9.17, 15) is 5.11 Å². The van der Waals surface area contributed by atoms with Crippen molar-refractivity contribution in [3.63, 3.8) is 0 Å². The summed E-state index contributed by atoms with van der Waals surface area (Å²) in [5, 5.41) is 18.3. The number of hydrogen-bond acceptors (Lipinski definition) is 2. The Hall–Kier alpha value is -1.02. The fourth-order valence-corrected chi connectivity index (χ4v) is 0.899. The van der Waals surface area contributed by atoms with Crippen LogP contribution in [0.4, 0.5) is 0 Å². The van der Waals surface area contributed by atoms with Crippen LogP contribution in [0.3, 0.4) is 0 Å². The van der Waals surface area contributed by atoms with Gasteiger partial charge in [0.15, 0.2) is 0 Å². The molecule has 0 amide bonds. The molecule has 1 aromatic carbocycles. The first-order valence-electron chi connectivity index (χ1n) is 3.50. The molecular formula is C9H11O2. The summed E-state index contributed by atoms with van der Waals surface area (Å²) in [5.41, 5.74) is 0.708. The Morgan fingerprint density at radius 3 is 2.73 bits per heavy atom. The molecule has 0 bridgehead atoms. The van der Waals surface area contributed by atoms with Crippen molar-refractivity contribution >= 4 is 0 Å². The highest BCUT2D eigenvalue weighted by molar-refractivity contribution is 5.28. The van der Waals surface area contributed by atoms with Gasteiger partial charge in [0.2, 0.25) is 0 Å². The van der Waals surface area contributed by atoms with Crippen LogP contribution >= 0.6 is 0 Å². The van der Waals surface area contributed by atoms with Crippen LogP contribution in [0.5, 0.6) is 5.75 Å². The zero-order valence-electron chi connectivity index (χ0n) is 6.20. The largest absolute Gasteiger partial charge is 0.508 e. The third-order valence-corrected chi connectivity index (χ3v) is 1.53. The molecule has 2 N–H and O–H groups in total. The molecule has 1 atom stereocenters. The van der Waals surface area contributed by atoms with Gasteiger partial charge in [-0.3, -0.25) is 0 Å². The Labute approximate surface area is 66.1 Å². The van der Waals surface area contributed by atoms with Crippen LogP contribution in [-0.4, -0.2) is 10.2 Å². The van der Waals surface area contributed by atoms with Gasteiger partial charge in [-0.2, -0.15) is 0 Å². The zero-order valence-corrected chi connectivity index (χ0v) is 6.20. The highest BCUT2D eigenvalue weighted by atomic mass is 16.3. The molecule has 1 radical (unpaired) electrons. The van der Waals surface area contributed by atoms with Crippen LogP contribution in [0.2, 0.25) is 0 Å². The van der Waals surface area contributed by atoms with E-state index in [-0.39, 0.29) is 5.75 Å². The summed E-state index contributed by atoms with van der Waals surface area (Å²) in [6, 6.07) is 6.56. The van der Waals surface area contributed by atoms with E-state index in [1.807, 2.05) is 0 Å². The van der Waals surface area contributed by atoms with Crippen molar-refractivity contribution in [3.8, 4) is 5.75 Å². The van der Waals surface area contributed by atoms with Crippen molar-refractivity contribution in [3.05, 3.63) is 36.8 Å². The monoisotopic (exact) mass is 151 g/mol. The highest BCUT2D eigenvalue weighted by Gasteiger charge is 2.03. The molecule has 11 heavy (non-hydrogen) atoms. The molecule has 0 heterocycles. The topological polar surface area (TPSA) is 40.5 Å². The summed E-state index contributed by atoms with van der Waals surface area (Å²) in [5.74, 6) is 0.176. The highest BCUT2D eigenvalue weighted by Crippen LogP contribution is 2.19. The van der Waals surface area contributed by atoms with Crippen LogP contribution in [0.25, 0.3) is 0 Å². The molecule has 2 nitrogen and oxygen atoms in total. The fraction of sp³-hybridized carbons (Fsp3) is 0.222. The quantitative estimate of drug-likeness (QED) is 0.674. The minimum absolute atomic E-state index is 0.176. The Morgan fingerprint density at radius 2 is 2.18 bits per heavy atom. The van der Waals surface area contributed by atoms with E-state index in [4.69, 9.17) is 5.11 Å². The molecule has 0 spiro atoms. The van der Waals surface area contributed by atoms with Crippen molar-refractivity contribution in [2.45, 2.75) is 12.5 Å². The number of aromatic hydroxyl groups is 1. The Balaban J connectivity index is 2.86. The molecule has 0 saturated heterocycles. The van der Waals surface area contributed by atoms with E-state index in [0.717, 1.165) is 0 Å². The number of rotatable bonds is 2. The molecule has 2 heteroatoms. The Morgan fingerprint density at radius 1 is 1.45 bits per heavy atom. The first-order chi connectivity index (χ1) is 5.24. The maximum Gasteiger partial charge on any atom is 0.115 e.